The molecule has 1 fully saturated rings. The van der Waals surface area contributed by atoms with Gasteiger partial charge in [0.15, 0.2) is 5.82 Å². The molecule has 6 nitrogen and oxygen atoms in total. The van der Waals surface area contributed by atoms with Crippen LogP contribution in [0.2, 0.25) is 0 Å². The highest BCUT2D eigenvalue weighted by Crippen LogP contribution is 2.23. The number of pyridine rings is 1. The van der Waals surface area contributed by atoms with Crippen molar-refractivity contribution >= 4 is 5.95 Å². The van der Waals surface area contributed by atoms with Crippen LogP contribution in [0.15, 0.2) is 29.3 Å². The molecule has 1 atom stereocenters. The Kier molecular flexibility index (Phi) is 4.38. The summed E-state index contributed by atoms with van der Waals surface area (Å²) in [5.74, 6) is 0.0353. The van der Waals surface area contributed by atoms with Crippen LogP contribution in [-0.4, -0.2) is 40.3 Å². The minimum absolute atomic E-state index is 0.188. The molecule has 23 heavy (non-hydrogen) atoms. The van der Waals surface area contributed by atoms with Crippen molar-refractivity contribution in [3.8, 4) is 11.3 Å². The molecule has 0 N–H and O–H groups in total. The summed E-state index contributed by atoms with van der Waals surface area (Å²) < 4.78 is 21.0. The quantitative estimate of drug-likeness (QED) is 0.842. The number of anilines is 1. The van der Waals surface area contributed by atoms with E-state index < -0.39 is 5.82 Å². The smallest absolute Gasteiger partial charge is 0.255 e. The van der Waals surface area contributed by atoms with Crippen LogP contribution in [0.25, 0.3) is 11.3 Å². The lowest BCUT2D eigenvalue weighted by Gasteiger charge is -2.29. The average Bonchev–Trinajstić information content (AvgIpc) is 2.75. The molecule has 0 aromatic carbocycles. The fourth-order valence-corrected chi connectivity index (χ4v) is 2.70. The molecule has 0 amide bonds. The molecule has 0 unspecified atom stereocenters. The molecule has 2 aromatic rings. The van der Waals surface area contributed by atoms with Crippen LogP contribution in [0.4, 0.5) is 10.3 Å². The number of halogens is 1. The standard InChI is InChI=1S/C16H19FN4O2/c1-11-4-7-23-8-6-21(11)16-19-14(9-15(22)20(16)2)12-3-5-18-10-13(12)17/h3,5,9-11H,4,6-8H2,1-2H3/t11-/m1/s1. The first-order valence-corrected chi connectivity index (χ1v) is 7.60. The summed E-state index contributed by atoms with van der Waals surface area (Å²) in [6.45, 7) is 3.97. The zero-order valence-electron chi connectivity index (χ0n) is 13.2. The minimum atomic E-state index is -0.494. The third kappa shape index (κ3) is 3.10. The number of rotatable bonds is 2. The van der Waals surface area contributed by atoms with E-state index in [-0.39, 0.29) is 17.2 Å². The predicted molar refractivity (Wildman–Crippen MR) is 84.9 cm³/mol. The Hall–Kier alpha value is -2.28. The summed E-state index contributed by atoms with van der Waals surface area (Å²) in [4.78, 5) is 22.6. The van der Waals surface area contributed by atoms with Crippen LogP contribution in [0.3, 0.4) is 0 Å². The maximum Gasteiger partial charge on any atom is 0.255 e. The first-order valence-electron chi connectivity index (χ1n) is 7.60. The van der Waals surface area contributed by atoms with Crippen molar-refractivity contribution in [2.45, 2.75) is 19.4 Å². The molecule has 1 aliphatic heterocycles. The van der Waals surface area contributed by atoms with E-state index >= 15 is 0 Å². The van der Waals surface area contributed by atoms with Gasteiger partial charge in [0, 0.05) is 44.1 Å². The van der Waals surface area contributed by atoms with Gasteiger partial charge in [0.2, 0.25) is 5.95 Å². The Bertz CT molecular complexity index is 762. The third-order valence-corrected chi connectivity index (χ3v) is 4.11. The van der Waals surface area contributed by atoms with Gasteiger partial charge < -0.3 is 9.64 Å². The van der Waals surface area contributed by atoms with Gasteiger partial charge in [-0.05, 0) is 19.4 Å². The highest BCUT2D eigenvalue weighted by atomic mass is 19.1. The molecule has 0 saturated carbocycles. The zero-order chi connectivity index (χ0) is 16.4. The van der Waals surface area contributed by atoms with Crippen molar-refractivity contribution in [1.82, 2.24) is 14.5 Å². The van der Waals surface area contributed by atoms with Crippen LogP contribution in [0.1, 0.15) is 13.3 Å². The van der Waals surface area contributed by atoms with E-state index in [9.17, 15) is 9.18 Å². The Morgan fingerprint density at radius 3 is 3.00 bits per heavy atom. The predicted octanol–water partition coefficient (Wildman–Crippen LogP) is 1.60. The second-order valence-corrected chi connectivity index (χ2v) is 5.64. The molecular formula is C16H19FN4O2. The van der Waals surface area contributed by atoms with E-state index in [1.807, 2.05) is 4.90 Å². The van der Waals surface area contributed by atoms with E-state index in [4.69, 9.17) is 4.74 Å². The maximum atomic E-state index is 14.0. The number of nitrogens with zero attached hydrogens (tertiary/aromatic N) is 4. The second-order valence-electron chi connectivity index (χ2n) is 5.64. The Morgan fingerprint density at radius 2 is 2.22 bits per heavy atom. The number of aromatic nitrogens is 3. The van der Waals surface area contributed by atoms with Crippen molar-refractivity contribution in [3.05, 3.63) is 40.7 Å². The van der Waals surface area contributed by atoms with E-state index in [0.29, 0.717) is 31.4 Å². The van der Waals surface area contributed by atoms with Crippen LogP contribution in [0.5, 0.6) is 0 Å². The molecule has 0 bridgehead atoms. The first-order chi connectivity index (χ1) is 11.1. The van der Waals surface area contributed by atoms with Crippen LogP contribution in [-0.2, 0) is 11.8 Å². The van der Waals surface area contributed by atoms with Gasteiger partial charge in [-0.3, -0.25) is 14.3 Å². The molecule has 0 spiro atoms. The van der Waals surface area contributed by atoms with Crippen molar-refractivity contribution < 1.29 is 9.13 Å². The third-order valence-electron chi connectivity index (χ3n) is 4.11. The van der Waals surface area contributed by atoms with Crippen molar-refractivity contribution in [2.75, 3.05) is 24.7 Å². The van der Waals surface area contributed by atoms with Crippen LogP contribution < -0.4 is 10.5 Å². The van der Waals surface area contributed by atoms with Gasteiger partial charge in [-0.15, -0.1) is 0 Å². The van der Waals surface area contributed by atoms with Gasteiger partial charge in [0.05, 0.1) is 18.5 Å². The Labute approximate surface area is 133 Å². The minimum Gasteiger partial charge on any atom is -0.380 e. The first kappa shape index (κ1) is 15.6. The summed E-state index contributed by atoms with van der Waals surface area (Å²) in [5, 5.41) is 0. The highest BCUT2D eigenvalue weighted by molar-refractivity contribution is 5.60. The average molecular weight is 318 g/mol. The van der Waals surface area contributed by atoms with Gasteiger partial charge >= 0.3 is 0 Å². The van der Waals surface area contributed by atoms with Gasteiger partial charge in [-0.25, -0.2) is 9.37 Å². The van der Waals surface area contributed by atoms with E-state index in [0.717, 1.165) is 12.6 Å². The van der Waals surface area contributed by atoms with Crippen LogP contribution in [0, 0.1) is 5.82 Å². The van der Waals surface area contributed by atoms with E-state index in [1.165, 1.54) is 22.9 Å². The number of ether oxygens (including phenoxy) is 1. The Morgan fingerprint density at radius 1 is 1.39 bits per heavy atom. The largest absolute Gasteiger partial charge is 0.380 e. The van der Waals surface area contributed by atoms with Crippen molar-refractivity contribution in [1.29, 1.82) is 0 Å². The lowest BCUT2D eigenvalue weighted by Crippen LogP contribution is -2.38. The van der Waals surface area contributed by atoms with Gasteiger partial charge in [0.1, 0.15) is 0 Å². The van der Waals surface area contributed by atoms with Crippen molar-refractivity contribution in [3.63, 3.8) is 0 Å². The molecule has 2 aromatic heterocycles. The highest BCUT2D eigenvalue weighted by Gasteiger charge is 2.22. The normalized spacial score (nSPS) is 18.7. The van der Waals surface area contributed by atoms with E-state index in [1.54, 1.807) is 7.05 Å². The summed E-state index contributed by atoms with van der Waals surface area (Å²) in [5.41, 5.74) is 0.372. The molecule has 3 heterocycles. The second kappa shape index (κ2) is 6.45. The van der Waals surface area contributed by atoms with Gasteiger partial charge in [0.25, 0.3) is 5.56 Å². The summed E-state index contributed by atoms with van der Waals surface area (Å²) in [6.07, 6.45) is 3.46. The monoisotopic (exact) mass is 318 g/mol. The lowest BCUT2D eigenvalue weighted by molar-refractivity contribution is 0.150. The lowest BCUT2D eigenvalue weighted by atomic mass is 10.2. The molecular weight excluding hydrogens is 299 g/mol. The van der Waals surface area contributed by atoms with Gasteiger partial charge in [-0.1, -0.05) is 0 Å². The fourth-order valence-electron chi connectivity index (χ4n) is 2.70. The molecule has 0 aliphatic carbocycles. The summed E-state index contributed by atoms with van der Waals surface area (Å²) in [7, 11) is 1.68. The fraction of sp³-hybridized carbons (Fsp3) is 0.438. The topological polar surface area (TPSA) is 60.2 Å². The Balaban J connectivity index is 2.10. The van der Waals surface area contributed by atoms with E-state index in [2.05, 4.69) is 16.9 Å². The maximum absolute atomic E-state index is 14.0. The number of hydrogen-bond acceptors (Lipinski definition) is 5. The summed E-state index contributed by atoms with van der Waals surface area (Å²) in [6, 6.07) is 3.06. The van der Waals surface area contributed by atoms with Crippen molar-refractivity contribution in [2.24, 2.45) is 7.05 Å². The SMILES string of the molecule is C[C@@H]1CCOCCN1c1nc(-c2ccncc2F)cc(=O)n1C. The molecule has 0 radical (unpaired) electrons. The number of hydrogen-bond donors (Lipinski definition) is 0. The zero-order valence-corrected chi connectivity index (χ0v) is 13.2. The van der Waals surface area contributed by atoms with Gasteiger partial charge in [-0.2, -0.15) is 0 Å². The molecule has 7 heteroatoms. The van der Waals surface area contributed by atoms with Crippen LogP contribution >= 0.6 is 0 Å². The molecule has 122 valence electrons. The summed E-state index contributed by atoms with van der Waals surface area (Å²) >= 11 is 0. The molecule has 1 aliphatic rings. The molecule has 3 rings (SSSR count). The molecule has 1 saturated heterocycles.